The predicted molar refractivity (Wildman–Crippen MR) is 113 cm³/mol. The summed E-state index contributed by atoms with van der Waals surface area (Å²) in [6.45, 7) is -0.107. The molecule has 1 heterocycles. The Balaban J connectivity index is 1.70. The van der Waals surface area contributed by atoms with Gasteiger partial charge in [0, 0.05) is 5.02 Å². The molecule has 1 saturated carbocycles. The lowest BCUT2D eigenvalue weighted by Gasteiger charge is -2.36. The van der Waals surface area contributed by atoms with E-state index in [1.807, 2.05) is 0 Å². The molecule has 10 heteroatoms. The molecule has 4 rings (SSSR count). The van der Waals surface area contributed by atoms with Gasteiger partial charge in [-0.2, -0.15) is 5.10 Å². The highest BCUT2D eigenvalue weighted by molar-refractivity contribution is 7.91. The molecule has 2 aromatic carbocycles. The normalized spacial score (nSPS) is 17.3. The van der Waals surface area contributed by atoms with E-state index in [1.165, 1.54) is 41.6 Å². The molecule has 1 fully saturated rings. The van der Waals surface area contributed by atoms with Crippen LogP contribution in [0.1, 0.15) is 12.8 Å². The number of para-hydroxylation sites is 1. The molecule has 0 aliphatic heterocycles. The summed E-state index contributed by atoms with van der Waals surface area (Å²) < 4.78 is 33.8. The molecular formula is C20H19Cl2N3O4S. The number of benzene rings is 2. The van der Waals surface area contributed by atoms with Crippen molar-refractivity contribution in [1.29, 1.82) is 0 Å². The lowest BCUT2D eigenvalue weighted by molar-refractivity contribution is -0.0751. The Bertz CT molecular complexity index is 1130. The molecule has 1 aromatic heterocycles. The highest BCUT2D eigenvalue weighted by Crippen LogP contribution is 2.51. The van der Waals surface area contributed by atoms with Gasteiger partial charge in [-0.05, 0) is 49.2 Å². The van der Waals surface area contributed by atoms with E-state index in [-0.39, 0.29) is 11.4 Å². The molecule has 1 aliphatic rings. The van der Waals surface area contributed by atoms with Gasteiger partial charge >= 0.3 is 0 Å². The second kappa shape index (κ2) is 7.85. The number of ether oxygens (including phenoxy) is 1. The molecule has 1 unspecified atom stereocenters. The van der Waals surface area contributed by atoms with Crippen LogP contribution in [-0.4, -0.2) is 45.2 Å². The third kappa shape index (κ3) is 4.18. The second-order valence-corrected chi connectivity index (χ2v) is 10.2. The van der Waals surface area contributed by atoms with Crippen LogP contribution in [0.2, 0.25) is 10.0 Å². The van der Waals surface area contributed by atoms with Crippen molar-refractivity contribution in [2.24, 2.45) is 0 Å². The lowest BCUT2D eigenvalue weighted by Crippen LogP contribution is -2.55. The summed E-state index contributed by atoms with van der Waals surface area (Å²) in [5.41, 5.74) is -2.90. The molecule has 0 spiro atoms. The maximum absolute atomic E-state index is 13.2. The molecule has 0 radical (unpaired) electrons. The third-order valence-corrected chi connectivity index (χ3v) is 7.60. The second-order valence-electron chi connectivity index (χ2n) is 7.36. The van der Waals surface area contributed by atoms with E-state index in [2.05, 4.69) is 10.1 Å². The lowest BCUT2D eigenvalue weighted by atomic mass is 9.96. The van der Waals surface area contributed by atoms with Gasteiger partial charge in [-0.1, -0.05) is 35.3 Å². The number of nitrogens with zero attached hydrogens (tertiary/aromatic N) is 3. The zero-order valence-corrected chi connectivity index (χ0v) is 18.1. The van der Waals surface area contributed by atoms with E-state index in [0.29, 0.717) is 28.6 Å². The molecule has 0 bridgehead atoms. The predicted octanol–water partition coefficient (Wildman–Crippen LogP) is 3.40. The summed E-state index contributed by atoms with van der Waals surface area (Å²) in [6.07, 6.45) is 3.69. The molecule has 7 nitrogen and oxygen atoms in total. The van der Waals surface area contributed by atoms with Crippen LogP contribution in [0, 0.1) is 0 Å². The molecule has 158 valence electrons. The monoisotopic (exact) mass is 467 g/mol. The SMILES string of the molecule is O=S(=O)(CC(O)(Cn1cncn1)C1(Oc2ccccc2Cl)CC1)c1ccc(Cl)cc1. The number of halogens is 2. The number of hydrogen-bond donors (Lipinski definition) is 1. The Morgan fingerprint density at radius 1 is 1.13 bits per heavy atom. The van der Waals surface area contributed by atoms with Gasteiger partial charge in [0.15, 0.2) is 9.84 Å². The summed E-state index contributed by atoms with van der Waals surface area (Å²) in [7, 11) is -3.87. The Labute approximate surface area is 184 Å². The van der Waals surface area contributed by atoms with Crippen molar-refractivity contribution in [2.45, 2.75) is 35.5 Å². The maximum atomic E-state index is 13.2. The van der Waals surface area contributed by atoms with Crippen LogP contribution in [0.25, 0.3) is 0 Å². The van der Waals surface area contributed by atoms with E-state index in [0.717, 1.165) is 0 Å². The van der Waals surface area contributed by atoms with Crippen LogP contribution in [0.5, 0.6) is 5.75 Å². The number of rotatable bonds is 8. The zero-order chi connectivity index (χ0) is 21.4. The van der Waals surface area contributed by atoms with Gasteiger partial charge in [-0.15, -0.1) is 0 Å². The van der Waals surface area contributed by atoms with Crippen molar-refractivity contribution in [3.8, 4) is 5.75 Å². The average molecular weight is 468 g/mol. The smallest absolute Gasteiger partial charge is 0.181 e. The quantitative estimate of drug-likeness (QED) is 0.545. The van der Waals surface area contributed by atoms with E-state index in [1.54, 1.807) is 24.3 Å². The summed E-state index contributed by atoms with van der Waals surface area (Å²) in [5.74, 6) is -0.177. The fraction of sp³-hybridized carbons (Fsp3) is 0.300. The van der Waals surface area contributed by atoms with Gasteiger partial charge in [-0.3, -0.25) is 0 Å². The fourth-order valence-corrected chi connectivity index (χ4v) is 5.46. The molecule has 1 N–H and O–H groups in total. The molecule has 1 aliphatic carbocycles. The van der Waals surface area contributed by atoms with Gasteiger partial charge in [0.25, 0.3) is 0 Å². The highest BCUT2D eigenvalue weighted by Gasteiger charge is 2.63. The van der Waals surface area contributed by atoms with Gasteiger partial charge < -0.3 is 9.84 Å². The van der Waals surface area contributed by atoms with Crippen molar-refractivity contribution in [1.82, 2.24) is 14.8 Å². The van der Waals surface area contributed by atoms with E-state index >= 15 is 0 Å². The Morgan fingerprint density at radius 2 is 1.83 bits per heavy atom. The molecule has 30 heavy (non-hydrogen) atoms. The Kier molecular flexibility index (Phi) is 5.52. The molecule has 3 aromatic rings. The van der Waals surface area contributed by atoms with Crippen molar-refractivity contribution >= 4 is 33.0 Å². The van der Waals surface area contributed by atoms with Crippen LogP contribution in [-0.2, 0) is 16.4 Å². The van der Waals surface area contributed by atoms with Gasteiger partial charge in [0.05, 0.1) is 22.2 Å². The van der Waals surface area contributed by atoms with Crippen molar-refractivity contribution in [3.05, 3.63) is 71.2 Å². The first-order valence-electron chi connectivity index (χ1n) is 9.20. The summed E-state index contributed by atoms with van der Waals surface area (Å²) in [4.78, 5) is 3.95. The number of aromatic nitrogens is 3. The van der Waals surface area contributed by atoms with Gasteiger partial charge in [0.1, 0.15) is 29.6 Å². The van der Waals surface area contributed by atoms with Gasteiger partial charge in [-0.25, -0.2) is 18.1 Å². The largest absolute Gasteiger partial charge is 0.483 e. The minimum absolute atomic E-state index is 0.0671. The van der Waals surface area contributed by atoms with Crippen molar-refractivity contribution < 1.29 is 18.3 Å². The minimum Gasteiger partial charge on any atom is -0.483 e. The summed E-state index contributed by atoms with van der Waals surface area (Å²) >= 11 is 12.1. The average Bonchev–Trinajstić information content (AvgIpc) is 3.32. The first kappa shape index (κ1) is 21.1. The minimum atomic E-state index is -3.87. The van der Waals surface area contributed by atoms with Crippen molar-refractivity contribution in [2.75, 3.05) is 5.75 Å². The van der Waals surface area contributed by atoms with Crippen LogP contribution in [0.15, 0.2) is 66.1 Å². The zero-order valence-electron chi connectivity index (χ0n) is 15.8. The molecular weight excluding hydrogens is 449 g/mol. The molecule has 0 amide bonds. The highest BCUT2D eigenvalue weighted by atomic mass is 35.5. The Morgan fingerprint density at radius 3 is 2.43 bits per heavy atom. The maximum Gasteiger partial charge on any atom is 0.181 e. The number of aliphatic hydroxyl groups is 1. The first-order valence-corrected chi connectivity index (χ1v) is 11.6. The first-order chi connectivity index (χ1) is 14.2. The van der Waals surface area contributed by atoms with E-state index in [4.69, 9.17) is 27.9 Å². The number of hydrogen-bond acceptors (Lipinski definition) is 6. The van der Waals surface area contributed by atoms with Crippen LogP contribution in [0.3, 0.4) is 0 Å². The van der Waals surface area contributed by atoms with Crippen LogP contribution in [0.4, 0.5) is 0 Å². The summed E-state index contributed by atoms with van der Waals surface area (Å²) in [6, 6.07) is 12.7. The van der Waals surface area contributed by atoms with E-state index < -0.39 is 26.8 Å². The Hall–Kier alpha value is -2.13. The van der Waals surface area contributed by atoms with Crippen LogP contribution >= 0.6 is 23.2 Å². The topological polar surface area (TPSA) is 94.3 Å². The molecule has 1 atom stereocenters. The van der Waals surface area contributed by atoms with Crippen LogP contribution < -0.4 is 4.74 Å². The summed E-state index contributed by atoms with van der Waals surface area (Å²) in [5, 5.41) is 16.6. The third-order valence-electron chi connectivity index (χ3n) is 5.19. The molecule has 0 saturated heterocycles. The van der Waals surface area contributed by atoms with Gasteiger partial charge in [0.2, 0.25) is 0 Å². The van der Waals surface area contributed by atoms with E-state index in [9.17, 15) is 13.5 Å². The number of sulfone groups is 1. The standard InChI is InChI=1S/C20H19Cl2N3O4S/c21-15-5-7-16(8-6-15)30(27,28)12-19(26,11-25-14-23-13-24-25)20(9-10-20)29-18-4-2-1-3-17(18)22/h1-8,13-14,26H,9-12H2. The fourth-order valence-electron chi connectivity index (χ4n) is 3.46. The van der Waals surface area contributed by atoms with Crippen molar-refractivity contribution in [3.63, 3.8) is 0 Å².